The zero-order valence-corrected chi connectivity index (χ0v) is 19.5. The first-order valence-corrected chi connectivity index (χ1v) is 11.8. The molecule has 1 fully saturated rings. The highest BCUT2D eigenvalue weighted by Crippen LogP contribution is 2.24. The predicted octanol–water partition coefficient (Wildman–Crippen LogP) is 4.31. The van der Waals surface area contributed by atoms with Crippen molar-refractivity contribution in [1.82, 2.24) is 24.8 Å². The number of piperazine rings is 1. The van der Waals surface area contributed by atoms with E-state index in [4.69, 9.17) is 10.5 Å². The predicted molar refractivity (Wildman–Crippen MR) is 137 cm³/mol. The van der Waals surface area contributed by atoms with E-state index in [2.05, 4.69) is 60.4 Å². The molecule has 1 saturated heterocycles. The summed E-state index contributed by atoms with van der Waals surface area (Å²) in [6.45, 7) is 5.57. The van der Waals surface area contributed by atoms with Crippen LogP contribution in [0.1, 0.15) is 11.4 Å². The van der Waals surface area contributed by atoms with E-state index < -0.39 is 0 Å². The Labute approximate surface area is 205 Å². The lowest BCUT2D eigenvalue weighted by Crippen LogP contribution is -2.45. The number of ether oxygens (including phenoxy) is 1. The van der Waals surface area contributed by atoms with Gasteiger partial charge in [-0.25, -0.2) is 0 Å². The first-order valence-electron chi connectivity index (χ1n) is 11.8. The molecule has 0 unspecified atom stereocenters. The van der Waals surface area contributed by atoms with Crippen molar-refractivity contribution in [3.63, 3.8) is 0 Å². The topological polar surface area (TPSA) is 92.4 Å². The Morgan fingerprint density at radius 1 is 0.686 bits per heavy atom. The van der Waals surface area contributed by atoms with Gasteiger partial charge in [-0.3, -0.25) is 9.80 Å². The summed E-state index contributed by atoms with van der Waals surface area (Å²) in [6.07, 6.45) is 0. The number of rotatable bonds is 8. The van der Waals surface area contributed by atoms with Crippen LogP contribution in [-0.4, -0.2) is 50.9 Å². The summed E-state index contributed by atoms with van der Waals surface area (Å²) in [5, 5.41) is 3.22. The van der Waals surface area contributed by atoms with Gasteiger partial charge in [0.25, 0.3) is 0 Å². The van der Waals surface area contributed by atoms with Crippen LogP contribution in [0.25, 0.3) is 0 Å². The second-order valence-corrected chi connectivity index (χ2v) is 8.54. The Hall–Kier alpha value is -4.01. The minimum Gasteiger partial charge on any atom is -0.457 e. The molecule has 0 radical (unpaired) electrons. The fraction of sp³-hybridized carbons (Fsp3) is 0.222. The van der Waals surface area contributed by atoms with Crippen molar-refractivity contribution in [2.24, 2.45) is 0 Å². The number of benzene rings is 3. The molecule has 3 aromatic carbocycles. The smallest absolute Gasteiger partial charge is 0.232 e. The molecule has 0 spiro atoms. The number of para-hydroxylation sites is 1. The Bertz CT molecular complexity index is 1210. The van der Waals surface area contributed by atoms with Gasteiger partial charge >= 0.3 is 0 Å². The minimum absolute atomic E-state index is 0.212. The zero-order chi connectivity index (χ0) is 23.9. The van der Waals surface area contributed by atoms with Crippen molar-refractivity contribution in [2.75, 3.05) is 37.2 Å². The van der Waals surface area contributed by atoms with Gasteiger partial charge in [0, 0.05) is 38.4 Å². The lowest BCUT2D eigenvalue weighted by atomic mass is 10.2. The molecule has 35 heavy (non-hydrogen) atoms. The molecule has 8 heteroatoms. The standard InChI is InChI=1S/C27H29N7O/c28-26-30-25(20-34-17-15-33(16-18-34)19-21-7-3-1-4-8-21)31-27(32-26)29-22-11-13-24(14-12-22)35-23-9-5-2-6-10-23/h1-14H,15-20H2,(H3,28,29,30,31,32). The van der Waals surface area contributed by atoms with E-state index in [1.54, 1.807) is 0 Å². The number of nitrogen functional groups attached to an aromatic ring is 1. The van der Waals surface area contributed by atoms with Gasteiger partial charge in [-0.05, 0) is 42.0 Å². The molecule has 0 saturated carbocycles. The number of anilines is 3. The van der Waals surface area contributed by atoms with Crippen LogP contribution in [0.4, 0.5) is 17.6 Å². The molecule has 2 heterocycles. The fourth-order valence-corrected chi connectivity index (χ4v) is 4.07. The van der Waals surface area contributed by atoms with Crippen LogP contribution in [0.2, 0.25) is 0 Å². The summed E-state index contributed by atoms with van der Waals surface area (Å²) in [5.41, 5.74) is 8.18. The minimum atomic E-state index is 0.212. The fourth-order valence-electron chi connectivity index (χ4n) is 4.07. The third-order valence-electron chi connectivity index (χ3n) is 5.87. The Morgan fingerprint density at radius 2 is 1.29 bits per heavy atom. The van der Waals surface area contributed by atoms with Gasteiger partial charge in [-0.1, -0.05) is 48.5 Å². The lowest BCUT2D eigenvalue weighted by molar-refractivity contribution is 0.120. The summed E-state index contributed by atoms with van der Waals surface area (Å²) in [7, 11) is 0. The molecule has 0 bridgehead atoms. The molecule has 4 aromatic rings. The van der Waals surface area contributed by atoms with Crippen molar-refractivity contribution in [2.45, 2.75) is 13.1 Å². The number of hydrogen-bond acceptors (Lipinski definition) is 8. The molecule has 1 aliphatic rings. The lowest BCUT2D eigenvalue weighted by Gasteiger charge is -2.34. The zero-order valence-electron chi connectivity index (χ0n) is 19.5. The average Bonchev–Trinajstić information content (AvgIpc) is 2.87. The molecular weight excluding hydrogens is 438 g/mol. The number of nitrogens with one attached hydrogen (secondary N) is 1. The second-order valence-electron chi connectivity index (χ2n) is 8.54. The van der Waals surface area contributed by atoms with Crippen LogP contribution in [0, 0.1) is 0 Å². The SMILES string of the molecule is Nc1nc(CN2CCN(Cc3ccccc3)CC2)nc(Nc2ccc(Oc3ccccc3)cc2)n1. The van der Waals surface area contributed by atoms with Crippen molar-refractivity contribution in [1.29, 1.82) is 0 Å². The molecular formula is C27H29N7O. The molecule has 0 atom stereocenters. The van der Waals surface area contributed by atoms with E-state index >= 15 is 0 Å². The van der Waals surface area contributed by atoms with E-state index in [0.717, 1.165) is 49.9 Å². The highest BCUT2D eigenvalue weighted by Gasteiger charge is 2.18. The number of nitrogens with zero attached hydrogens (tertiary/aromatic N) is 5. The van der Waals surface area contributed by atoms with Crippen molar-refractivity contribution in [3.8, 4) is 11.5 Å². The van der Waals surface area contributed by atoms with Gasteiger partial charge in [0.05, 0.1) is 6.54 Å². The van der Waals surface area contributed by atoms with Gasteiger partial charge in [0.1, 0.15) is 17.3 Å². The highest BCUT2D eigenvalue weighted by atomic mass is 16.5. The Kier molecular flexibility index (Phi) is 7.12. The van der Waals surface area contributed by atoms with E-state index in [-0.39, 0.29) is 5.95 Å². The Morgan fingerprint density at radius 3 is 1.97 bits per heavy atom. The molecule has 1 aromatic heterocycles. The van der Waals surface area contributed by atoms with Crippen LogP contribution >= 0.6 is 0 Å². The van der Waals surface area contributed by atoms with Crippen LogP contribution in [0.3, 0.4) is 0 Å². The monoisotopic (exact) mass is 467 g/mol. The maximum atomic E-state index is 5.99. The van der Waals surface area contributed by atoms with Gasteiger partial charge in [0.15, 0.2) is 0 Å². The van der Waals surface area contributed by atoms with E-state index in [1.165, 1.54) is 5.56 Å². The number of nitrogens with two attached hydrogens (primary N) is 1. The molecule has 1 aliphatic heterocycles. The second kappa shape index (κ2) is 10.9. The first kappa shape index (κ1) is 22.8. The third kappa shape index (κ3) is 6.53. The molecule has 8 nitrogen and oxygen atoms in total. The number of aromatic nitrogens is 3. The summed E-state index contributed by atoms with van der Waals surface area (Å²) in [6, 6.07) is 27.9. The molecule has 5 rings (SSSR count). The largest absolute Gasteiger partial charge is 0.457 e. The van der Waals surface area contributed by atoms with E-state index in [9.17, 15) is 0 Å². The maximum absolute atomic E-state index is 5.99. The quantitative estimate of drug-likeness (QED) is 0.396. The van der Waals surface area contributed by atoms with Crippen LogP contribution in [-0.2, 0) is 13.1 Å². The summed E-state index contributed by atoms with van der Waals surface area (Å²) < 4.78 is 5.85. The molecule has 178 valence electrons. The Balaban J connectivity index is 1.16. The van der Waals surface area contributed by atoms with Crippen molar-refractivity contribution in [3.05, 3.63) is 96.3 Å². The van der Waals surface area contributed by atoms with Gasteiger partial charge in [-0.2, -0.15) is 15.0 Å². The van der Waals surface area contributed by atoms with E-state index in [1.807, 2.05) is 54.6 Å². The first-order chi connectivity index (χ1) is 17.2. The third-order valence-corrected chi connectivity index (χ3v) is 5.87. The highest BCUT2D eigenvalue weighted by molar-refractivity contribution is 5.55. The molecule has 0 amide bonds. The van der Waals surface area contributed by atoms with Crippen molar-refractivity contribution >= 4 is 17.6 Å². The van der Waals surface area contributed by atoms with Crippen LogP contribution in [0.5, 0.6) is 11.5 Å². The van der Waals surface area contributed by atoms with Crippen molar-refractivity contribution < 1.29 is 4.74 Å². The maximum Gasteiger partial charge on any atom is 0.232 e. The van der Waals surface area contributed by atoms with Gasteiger partial charge < -0.3 is 15.8 Å². The van der Waals surface area contributed by atoms with Gasteiger partial charge in [0.2, 0.25) is 11.9 Å². The van der Waals surface area contributed by atoms with Gasteiger partial charge in [-0.15, -0.1) is 0 Å². The molecule has 0 aliphatic carbocycles. The van der Waals surface area contributed by atoms with Crippen LogP contribution < -0.4 is 15.8 Å². The van der Waals surface area contributed by atoms with Crippen LogP contribution in [0.15, 0.2) is 84.9 Å². The average molecular weight is 468 g/mol. The van der Waals surface area contributed by atoms with E-state index in [0.29, 0.717) is 18.3 Å². The molecule has 3 N–H and O–H groups in total. The number of hydrogen-bond donors (Lipinski definition) is 2. The summed E-state index contributed by atoms with van der Waals surface area (Å²) in [4.78, 5) is 18.1. The summed E-state index contributed by atoms with van der Waals surface area (Å²) >= 11 is 0. The summed E-state index contributed by atoms with van der Waals surface area (Å²) in [5.74, 6) is 2.87. The normalized spacial score (nSPS) is 14.5.